The molecule has 0 aliphatic carbocycles. The predicted molar refractivity (Wildman–Crippen MR) is 52.7 cm³/mol. The van der Waals surface area contributed by atoms with Crippen LogP contribution in [0.1, 0.15) is 26.7 Å². The fourth-order valence-electron chi connectivity index (χ4n) is 1.46. The molecule has 76 valence electrons. The minimum absolute atomic E-state index is 0.134. The van der Waals surface area contributed by atoms with Crippen LogP contribution < -0.4 is 0 Å². The molecule has 0 aromatic carbocycles. The first-order valence-electron chi connectivity index (χ1n) is 4.58. The van der Waals surface area contributed by atoms with Crippen LogP contribution in [0.5, 0.6) is 0 Å². The summed E-state index contributed by atoms with van der Waals surface area (Å²) in [6.07, 6.45) is 0.826. The summed E-state index contributed by atoms with van der Waals surface area (Å²) >= 11 is 1.71. The summed E-state index contributed by atoms with van der Waals surface area (Å²) in [7, 11) is 0. The van der Waals surface area contributed by atoms with Crippen molar-refractivity contribution in [1.82, 2.24) is 0 Å². The Balaban J connectivity index is 2.46. The normalized spacial score (nSPS) is 33.3. The lowest BCUT2D eigenvalue weighted by Gasteiger charge is -2.25. The number of hydrogen-bond acceptors (Lipinski definition) is 4. The smallest absolute Gasteiger partial charge is 0.308 e. The zero-order chi connectivity index (χ0) is 9.90. The second-order valence-electron chi connectivity index (χ2n) is 3.35. The van der Waals surface area contributed by atoms with Gasteiger partial charge in [-0.2, -0.15) is 11.8 Å². The Hall–Kier alpha value is -0.220. The highest BCUT2D eigenvalue weighted by atomic mass is 32.2. The van der Waals surface area contributed by atoms with Crippen LogP contribution in [-0.4, -0.2) is 34.3 Å². The van der Waals surface area contributed by atoms with Gasteiger partial charge in [0.05, 0.1) is 18.6 Å². The maximum atomic E-state index is 11.2. The molecule has 2 unspecified atom stereocenters. The number of aliphatic hydroxyl groups is 1. The summed E-state index contributed by atoms with van der Waals surface area (Å²) in [4.78, 5) is 11.2. The number of rotatable bonds is 3. The highest BCUT2D eigenvalue weighted by Crippen LogP contribution is 2.37. The van der Waals surface area contributed by atoms with Gasteiger partial charge in [-0.3, -0.25) is 4.79 Å². The van der Waals surface area contributed by atoms with E-state index in [1.165, 1.54) is 0 Å². The average molecular weight is 204 g/mol. The average Bonchev–Trinajstić information content (AvgIpc) is 2.32. The van der Waals surface area contributed by atoms with Gasteiger partial charge in [0, 0.05) is 5.25 Å². The minimum Gasteiger partial charge on any atom is -0.466 e. The van der Waals surface area contributed by atoms with E-state index in [1.54, 1.807) is 18.7 Å². The summed E-state index contributed by atoms with van der Waals surface area (Å²) in [5.74, 6) is 0.635. The molecule has 0 saturated carbocycles. The molecule has 4 heteroatoms. The molecule has 1 rings (SSSR count). The van der Waals surface area contributed by atoms with Crippen molar-refractivity contribution in [1.29, 1.82) is 0 Å². The molecule has 0 radical (unpaired) electrons. The number of hydrogen-bond donors (Lipinski definition) is 1. The van der Waals surface area contributed by atoms with Crippen molar-refractivity contribution in [2.75, 3.05) is 12.4 Å². The van der Waals surface area contributed by atoms with Crippen molar-refractivity contribution in [3.05, 3.63) is 0 Å². The van der Waals surface area contributed by atoms with Crippen LogP contribution in [-0.2, 0) is 9.53 Å². The third-order valence-corrected chi connectivity index (χ3v) is 3.79. The fourth-order valence-corrected chi connectivity index (χ4v) is 2.80. The van der Waals surface area contributed by atoms with E-state index in [-0.39, 0.29) is 17.6 Å². The number of esters is 1. The quantitative estimate of drug-likeness (QED) is 0.702. The van der Waals surface area contributed by atoms with Gasteiger partial charge in [0.1, 0.15) is 0 Å². The lowest BCUT2D eigenvalue weighted by molar-refractivity contribution is -0.148. The van der Waals surface area contributed by atoms with Crippen molar-refractivity contribution in [3.8, 4) is 0 Å². The highest BCUT2D eigenvalue weighted by molar-refractivity contribution is 8.00. The number of thioether (sulfide) groups is 1. The van der Waals surface area contributed by atoms with Crippen molar-refractivity contribution < 1.29 is 14.6 Å². The van der Waals surface area contributed by atoms with E-state index >= 15 is 0 Å². The standard InChI is InChI=1S/C9H16O3S/c1-3-12-8(10)6-9(11)4-5-13-7(9)2/h7,11H,3-6H2,1-2H3. The molecule has 0 aromatic heterocycles. The van der Waals surface area contributed by atoms with Gasteiger partial charge in [-0.1, -0.05) is 6.92 Å². The fraction of sp³-hybridized carbons (Fsp3) is 0.889. The third kappa shape index (κ3) is 2.61. The summed E-state index contributed by atoms with van der Waals surface area (Å²) < 4.78 is 4.81. The van der Waals surface area contributed by atoms with Crippen LogP contribution in [0.2, 0.25) is 0 Å². The van der Waals surface area contributed by atoms with Crippen molar-refractivity contribution in [2.24, 2.45) is 0 Å². The zero-order valence-corrected chi connectivity index (χ0v) is 8.89. The number of carbonyl (C=O) groups excluding carboxylic acids is 1. The topological polar surface area (TPSA) is 46.5 Å². The van der Waals surface area contributed by atoms with Crippen molar-refractivity contribution in [3.63, 3.8) is 0 Å². The van der Waals surface area contributed by atoms with E-state index in [9.17, 15) is 9.90 Å². The summed E-state index contributed by atoms with van der Waals surface area (Å²) in [5, 5.41) is 10.2. The first kappa shape index (κ1) is 10.9. The van der Waals surface area contributed by atoms with Gasteiger partial charge in [0.15, 0.2) is 0 Å². The van der Waals surface area contributed by atoms with Gasteiger partial charge in [-0.05, 0) is 19.1 Å². The van der Waals surface area contributed by atoms with Crippen LogP contribution in [0.15, 0.2) is 0 Å². The van der Waals surface area contributed by atoms with Crippen LogP contribution in [0.4, 0.5) is 0 Å². The van der Waals surface area contributed by atoms with Gasteiger partial charge in [-0.25, -0.2) is 0 Å². The summed E-state index contributed by atoms with van der Waals surface area (Å²) in [5.41, 5.74) is -0.836. The number of ether oxygens (including phenoxy) is 1. The monoisotopic (exact) mass is 204 g/mol. The Morgan fingerprint density at radius 2 is 2.46 bits per heavy atom. The largest absolute Gasteiger partial charge is 0.466 e. The van der Waals surface area contributed by atoms with E-state index in [2.05, 4.69) is 0 Å². The molecule has 0 aromatic rings. The first-order valence-corrected chi connectivity index (χ1v) is 5.63. The summed E-state index contributed by atoms with van der Waals surface area (Å²) in [6, 6.07) is 0. The second-order valence-corrected chi connectivity index (χ2v) is 4.80. The Labute approximate surface area is 82.8 Å². The lowest BCUT2D eigenvalue weighted by Crippen LogP contribution is -2.37. The third-order valence-electron chi connectivity index (χ3n) is 2.42. The number of carbonyl (C=O) groups is 1. The lowest BCUT2D eigenvalue weighted by atomic mass is 9.93. The van der Waals surface area contributed by atoms with Gasteiger partial charge in [-0.15, -0.1) is 0 Å². The Morgan fingerprint density at radius 3 is 2.92 bits per heavy atom. The summed E-state index contributed by atoms with van der Waals surface area (Å²) in [6.45, 7) is 4.11. The maximum absolute atomic E-state index is 11.2. The zero-order valence-electron chi connectivity index (χ0n) is 8.08. The van der Waals surface area contributed by atoms with E-state index in [4.69, 9.17) is 4.74 Å². The molecule has 1 fully saturated rings. The molecule has 13 heavy (non-hydrogen) atoms. The SMILES string of the molecule is CCOC(=O)CC1(O)CCSC1C. The molecule has 1 aliphatic rings. The van der Waals surface area contributed by atoms with Crippen LogP contribution >= 0.6 is 11.8 Å². The van der Waals surface area contributed by atoms with Gasteiger partial charge in [0.2, 0.25) is 0 Å². The van der Waals surface area contributed by atoms with Crippen molar-refractivity contribution >= 4 is 17.7 Å². The Kier molecular flexibility index (Phi) is 3.62. The first-order chi connectivity index (χ1) is 6.08. The Bertz CT molecular complexity index is 195. The van der Waals surface area contributed by atoms with E-state index < -0.39 is 5.60 Å². The van der Waals surface area contributed by atoms with E-state index in [0.717, 1.165) is 5.75 Å². The molecule has 0 amide bonds. The van der Waals surface area contributed by atoms with Gasteiger partial charge >= 0.3 is 5.97 Å². The molecular weight excluding hydrogens is 188 g/mol. The van der Waals surface area contributed by atoms with Crippen molar-refractivity contribution in [2.45, 2.75) is 37.5 Å². The second kappa shape index (κ2) is 4.33. The molecule has 3 nitrogen and oxygen atoms in total. The molecule has 1 N–H and O–H groups in total. The van der Waals surface area contributed by atoms with Crippen LogP contribution in [0, 0.1) is 0 Å². The molecular formula is C9H16O3S. The Morgan fingerprint density at radius 1 is 1.77 bits per heavy atom. The molecule has 0 bridgehead atoms. The molecule has 1 saturated heterocycles. The van der Waals surface area contributed by atoms with Crippen LogP contribution in [0.25, 0.3) is 0 Å². The van der Waals surface area contributed by atoms with Gasteiger partial charge < -0.3 is 9.84 Å². The van der Waals surface area contributed by atoms with E-state index in [0.29, 0.717) is 13.0 Å². The van der Waals surface area contributed by atoms with Gasteiger partial charge in [0.25, 0.3) is 0 Å². The minimum atomic E-state index is -0.836. The highest BCUT2D eigenvalue weighted by Gasteiger charge is 2.41. The molecule has 1 heterocycles. The van der Waals surface area contributed by atoms with Crippen LogP contribution in [0.3, 0.4) is 0 Å². The molecule has 1 aliphatic heterocycles. The molecule has 0 spiro atoms. The van der Waals surface area contributed by atoms with E-state index in [1.807, 2.05) is 6.92 Å². The maximum Gasteiger partial charge on any atom is 0.308 e. The molecule has 2 atom stereocenters. The predicted octanol–water partition coefficient (Wildman–Crippen LogP) is 1.20.